The number of methoxy groups -OCH3 is 1. The van der Waals surface area contributed by atoms with E-state index in [1.165, 1.54) is 12.7 Å². The van der Waals surface area contributed by atoms with E-state index in [0.717, 1.165) is 41.1 Å². The average Bonchev–Trinajstić information content (AvgIpc) is 3.60. The fourth-order valence-corrected chi connectivity index (χ4v) is 6.21. The number of ether oxygens (including phenoxy) is 2. The van der Waals surface area contributed by atoms with Crippen LogP contribution in [0.25, 0.3) is 0 Å². The number of aromatic nitrogens is 2. The number of imidazole rings is 1. The number of alkyl carbamates (subject to hydrolysis) is 1. The Morgan fingerprint density at radius 1 is 0.896 bits per heavy atom. The van der Waals surface area contributed by atoms with Crippen molar-refractivity contribution in [2.75, 3.05) is 25.6 Å². The van der Waals surface area contributed by atoms with E-state index in [4.69, 9.17) is 14.5 Å². The van der Waals surface area contributed by atoms with Crippen LogP contribution in [0.2, 0.25) is 0 Å². The highest BCUT2D eigenvalue weighted by molar-refractivity contribution is 5.98. The Hall–Kier alpha value is -5.25. The van der Waals surface area contributed by atoms with Crippen LogP contribution in [-0.4, -0.2) is 54.4 Å². The van der Waals surface area contributed by atoms with Crippen molar-refractivity contribution in [1.82, 2.24) is 20.6 Å². The molecular formula is C39H41N5O4. The van der Waals surface area contributed by atoms with E-state index < -0.39 is 18.1 Å². The van der Waals surface area contributed by atoms with Gasteiger partial charge in [-0.2, -0.15) is 0 Å². The quantitative estimate of drug-likeness (QED) is 0.129. The minimum Gasteiger partial charge on any atom is -0.453 e. The Morgan fingerprint density at radius 2 is 1.54 bits per heavy atom. The van der Waals surface area contributed by atoms with Crippen molar-refractivity contribution >= 4 is 17.7 Å². The molecule has 48 heavy (non-hydrogen) atoms. The summed E-state index contributed by atoms with van der Waals surface area (Å²) in [6.07, 6.45) is 3.55. The first-order valence-electron chi connectivity index (χ1n) is 16.3. The van der Waals surface area contributed by atoms with Crippen LogP contribution in [-0.2, 0) is 27.1 Å². The molecule has 0 aliphatic carbocycles. The molecule has 1 saturated heterocycles. The van der Waals surface area contributed by atoms with E-state index in [2.05, 4.69) is 33.1 Å². The molecule has 2 heterocycles. The number of hydrogen-bond acceptors (Lipinski definition) is 6. The molecule has 1 aliphatic heterocycles. The molecule has 0 saturated carbocycles. The van der Waals surface area contributed by atoms with Gasteiger partial charge in [-0.1, -0.05) is 109 Å². The Balaban J connectivity index is 1.10. The number of benzene rings is 4. The van der Waals surface area contributed by atoms with Crippen LogP contribution in [0.15, 0.2) is 121 Å². The maximum absolute atomic E-state index is 14.1. The zero-order chi connectivity index (χ0) is 33.1. The van der Waals surface area contributed by atoms with E-state index in [0.29, 0.717) is 25.3 Å². The molecule has 4 aromatic carbocycles. The lowest BCUT2D eigenvalue weighted by atomic mass is 9.84. The van der Waals surface area contributed by atoms with Crippen LogP contribution in [0.1, 0.15) is 52.2 Å². The third-order valence-electron chi connectivity index (χ3n) is 8.70. The highest BCUT2D eigenvalue weighted by atomic mass is 16.5. The van der Waals surface area contributed by atoms with Gasteiger partial charge in [0.2, 0.25) is 5.91 Å². The maximum atomic E-state index is 14.1. The molecule has 1 unspecified atom stereocenters. The second-order valence-corrected chi connectivity index (χ2v) is 12.0. The summed E-state index contributed by atoms with van der Waals surface area (Å²) in [6.45, 7) is 1.21. The highest BCUT2D eigenvalue weighted by Gasteiger charge is 2.33. The van der Waals surface area contributed by atoms with Gasteiger partial charge in [-0.15, -0.1) is 0 Å². The summed E-state index contributed by atoms with van der Waals surface area (Å²) in [6, 6.07) is 36.5. The van der Waals surface area contributed by atoms with Gasteiger partial charge in [-0.25, -0.2) is 9.78 Å². The minimum absolute atomic E-state index is 0.00114. The van der Waals surface area contributed by atoms with Crippen LogP contribution in [0.4, 0.5) is 10.5 Å². The van der Waals surface area contributed by atoms with E-state index in [9.17, 15) is 9.59 Å². The van der Waals surface area contributed by atoms with Gasteiger partial charge in [0.15, 0.2) is 0 Å². The predicted molar refractivity (Wildman–Crippen MR) is 186 cm³/mol. The van der Waals surface area contributed by atoms with Crippen LogP contribution < -0.4 is 16.0 Å². The van der Waals surface area contributed by atoms with Gasteiger partial charge in [0.1, 0.15) is 11.9 Å². The normalized spacial score (nSPS) is 16.6. The Labute approximate surface area is 281 Å². The van der Waals surface area contributed by atoms with Crippen molar-refractivity contribution in [3.8, 4) is 0 Å². The molecule has 246 valence electrons. The number of hydrogen-bond donors (Lipinski definition) is 4. The molecular weight excluding hydrogens is 602 g/mol. The Kier molecular flexibility index (Phi) is 10.9. The Bertz CT molecular complexity index is 1720. The van der Waals surface area contributed by atoms with Gasteiger partial charge in [-0.05, 0) is 41.2 Å². The molecule has 1 aliphatic rings. The summed E-state index contributed by atoms with van der Waals surface area (Å²) in [5.74, 6) is 0.0952. The van der Waals surface area contributed by atoms with Crippen molar-refractivity contribution in [3.63, 3.8) is 0 Å². The number of para-hydroxylation sites is 1. The van der Waals surface area contributed by atoms with E-state index in [-0.39, 0.29) is 18.1 Å². The van der Waals surface area contributed by atoms with Crippen molar-refractivity contribution in [3.05, 3.63) is 155 Å². The highest BCUT2D eigenvalue weighted by Crippen LogP contribution is 2.30. The fraction of sp³-hybridized carbons (Fsp3) is 0.256. The SMILES string of the molecule is COC(=O)NC(C(=O)Nc1ccccc1CC[C@@H]1CN[C@H](c2nc(Cc3ccccc3)c[nH]2)CO1)C(c1ccccc1)c1ccccc1. The van der Waals surface area contributed by atoms with Crippen molar-refractivity contribution < 1.29 is 19.1 Å². The number of nitrogens with one attached hydrogen (secondary N) is 4. The predicted octanol–water partition coefficient (Wildman–Crippen LogP) is 6.16. The zero-order valence-corrected chi connectivity index (χ0v) is 27.0. The molecule has 1 fully saturated rings. The molecule has 2 amide bonds. The standard InChI is InChI=1S/C39H41N5O4/c1-47-39(46)44-36(35(29-16-7-3-8-17-29)30-18-9-4-10-19-30)38(45)43-33-20-12-11-15-28(33)21-22-32-25-40-34(26-48-32)37-41-24-31(42-37)23-27-13-5-2-6-14-27/h2-20,24,32,34-36,40H,21-23,25-26H2,1H3,(H,41,42)(H,43,45)(H,44,46)/t32-,34+,36?/m1/s1. The molecule has 0 spiro atoms. The summed E-state index contributed by atoms with van der Waals surface area (Å²) in [7, 11) is 1.29. The number of nitrogens with zero attached hydrogens (tertiary/aromatic N) is 1. The van der Waals surface area contributed by atoms with Gasteiger partial charge in [0.25, 0.3) is 0 Å². The lowest BCUT2D eigenvalue weighted by Gasteiger charge is -2.30. The number of H-pyrrole nitrogens is 1. The van der Waals surface area contributed by atoms with Crippen molar-refractivity contribution in [2.24, 2.45) is 0 Å². The summed E-state index contributed by atoms with van der Waals surface area (Å²) < 4.78 is 11.2. The molecule has 0 radical (unpaired) electrons. The lowest BCUT2D eigenvalue weighted by molar-refractivity contribution is -0.118. The average molecular weight is 644 g/mol. The number of rotatable bonds is 12. The number of aryl methyl sites for hydroxylation is 1. The molecule has 5 aromatic rings. The molecule has 1 aromatic heterocycles. The lowest BCUT2D eigenvalue weighted by Crippen LogP contribution is -2.48. The minimum atomic E-state index is -0.937. The smallest absolute Gasteiger partial charge is 0.407 e. The van der Waals surface area contributed by atoms with Crippen LogP contribution in [0.5, 0.6) is 0 Å². The number of anilines is 1. The molecule has 9 nitrogen and oxygen atoms in total. The fourth-order valence-electron chi connectivity index (χ4n) is 6.21. The maximum Gasteiger partial charge on any atom is 0.407 e. The largest absolute Gasteiger partial charge is 0.453 e. The Morgan fingerprint density at radius 3 is 2.19 bits per heavy atom. The van der Waals surface area contributed by atoms with Gasteiger partial charge < -0.3 is 30.4 Å². The van der Waals surface area contributed by atoms with Gasteiger partial charge in [-0.3, -0.25) is 4.79 Å². The van der Waals surface area contributed by atoms with Crippen LogP contribution in [0, 0.1) is 0 Å². The number of amides is 2. The van der Waals surface area contributed by atoms with Gasteiger partial charge in [0, 0.05) is 30.8 Å². The zero-order valence-electron chi connectivity index (χ0n) is 27.0. The molecule has 6 rings (SSSR count). The van der Waals surface area contributed by atoms with Crippen molar-refractivity contribution in [2.45, 2.75) is 43.4 Å². The van der Waals surface area contributed by atoms with Crippen LogP contribution >= 0.6 is 0 Å². The first kappa shape index (κ1) is 32.7. The van der Waals surface area contributed by atoms with Gasteiger partial charge in [0.05, 0.1) is 31.6 Å². The first-order chi connectivity index (χ1) is 23.6. The van der Waals surface area contributed by atoms with E-state index >= 15 is 0 Å². The second kappa shape index (κ2) is 16.0. The summed E-state index contributed by atoms with van der Waals surface area (Å²) >= 11 is 0. The number of carbonyl (C=O) groups is 2. The number of carbonyl (C=O) groups excluding carboxylic acids is 2. The number of morpholine rings is 1. The third kappa shape index (κ3) is 8.36. The van der Waals surface area contributed by atoms with Crippen molar-refractivity contribution in [1.29, 1.82) is 0 Å². The summed E-state index contributed by atoms with van der Waals surface area (Å²) in [5.41, 5.74) is 5.71. The van der Waals surface area contributed by atoms with E-state index in [1.807, 2.05) is 109 Å². The third-order valence-corrected chi connectivity index (χ3v) is 8.70. The number of aromatic amines is 1. The second-order valence-electron chi connectivity index (χ2n) is 12.0. The van der Waals surface area contributed by atoms with Gasteiger partial charge >= 0.3 is 6.09 Å². The van der Waals surface area contributed by atoms with Crippen LogP contribution in [0.3, 0.4) is 0 Å². The molecule has 3 atom stereocenters. The topological polar surface area (TPSA) is 117 Å². The molecule has 4 N–H and O–H groups in total. The molecule has 0 bridgehead atoms. The molecule has 9 heteroatoms. The summed E-state index contributed by atoms with van der Waals surface area (Å²) in [4.78, 5) is 34.7. The monoisotopic (exact) mass is 643 g/mol. The van der Waals surface area contributed by atoms with E-state index in [1.54, 1.807) is 0 Å². The first-order valence-corrected chi connectivity index (χ1v) is 16.3. The summed E-state index contributed by atoms with van der Waals surface area (Å²) in [5, 5.41) is 9.51.